The van der Waals surface area contributed by atoms with E-state index in [2.05, 4.69) is 15.5 Å². The summed E-state index contributed by atoms with van der Waals surface area (Å²) < 4.78 is 13.6. The van der Waals surface area contributed by atoms with Crippen LogP contribution in [0, 0.1) is 23.7 Å². The van der Waals surface area contributed by atoms with E-state index < -0.39 is 29.4 Å². The summed E-state index contributed by atoms with van der Waals surface area (Å²) in [5, 5.41) is 41.1. The molecule has 3 amide bonds. The third-order valence-electron chi connectivity index (χ3n) is 16.7. The van der Waals surface area contributed by atoms with Crippen LogP contribution >= 0.6 is 0 Å². The van der Waals surface area contributed by atoms with E-state index in [-0.39, 0.29) is 68.0 Å². The lowest BCUT2D eigenvalue weighted by Crippen LogP contribution is -2.70. The molecule has 5 N–H and O–H groups in total. The van der Waals surface area contributed by atoms with Crippen LogP contribution in [0.25, 0.3) is 11.3 Å². The number of methoxy groups -OCH3 is 2. The molecule has 2 heterocycles. The van der Waals surface area contributed by atoms with Gasteiger partial charge in [0.1, 0.15) is 23.3 Å². The smallest absolute Gasteiger partial charge is 0.330 e. The number of carbonyl (C=O) groups is 7. The molecule has 1 aromatic carbocycles. The lowest BCUT2D eigenvalue weighted by Gasteiger charge is -2.59. The molecule has 4 bridgehead atoms. The van der Waals surface area contributed by atoms with Crippen LogP contribution in [0.5, 0.6) is 0 Å². The Labute approximate surface area is 464 Å². The van der Waals surface area contributed by atoms with Gasteiger partial charge in [-0.25, -0.2) is 9.48 Å². The minimum absolute atomic E-state index is 0.0266. The van der Waals surface area contributed by atoms with Crippen LogP contribution in [0.2, 0.25) is 0 Å². The topological polar surface area (TPSA) is 260 Å². The number of carboxylic acid groups (broad SMARTS) is 3. The van der Waals surface area contributed by atoms with Gasteiger partial charge in [0.05, 0.1) is 57.4 Å². The highest BCUT2D eigenvalue weighted by Gasteiger charge is 2.62. The van der Waals surface area contributed by atoms with Gasteiger partial charge in [0.2, 0.25) is 5.91 Å². The molecule has 8 rings (SSSR count). The van der Waals surface area contributed by atoms with E-state index >= 15 is 0 Å². The van der Waals surface area contributed by atoms with Gasteiger partial charge in [-0.2, -0.15) is 5.10 Å². The summed E-state index contributed by atoms with van der Waals surface area (Å²) in [5.74, 6) is -2.27. The van der Waals surface area contributed by atoms with Gasteiger partial charge in [-0.1, -0.05) is 13.8 Å². The molecule has 79 heavy (non-hydrogen) atoms. The second-order valence-corrected chi connectivity index (χ2v) is 22.7. The molecule has 0 atom stereocenters. The fourth-order valence-electron chi connectivity index (χ4n) is 12.9. The fourth-order valence-corrected chi connectivity index (χ4v) is 12.9. The van der Waals surface area contributed by atoms with Crippen LogP contribution < -0.4 is 10.6 Å². The summed E-state index contributed by atoms with van der Waals surface area (Å²) in [6.07, 6.45) is 9.43. The van der Waals surface area contributed by atoms with Crippen molar-refractivity contribution < 1.29 is 58.4 Å². The molecule has 6 aliphatic rings. The maximum Gasteiger partial charge on any atom is 0.330 e. The SMILES string of the molecule is COC1=CCCC(OC)=C1c1cc(C(=O)NC2(C(=O)O)C3CC4CC(C3)CC2C4)nn1-c1ccc(C(=O)N(CCCNC(=O)CN2CCN(CC=O)CCN(CC(=O)O)CCN(CC(=O)O)CC2)CCCN(C)C)cc1C(C)C. The number of nitrogens with one attached hydrogen (secondary N) is 2. The van der Waals surface area contributed by atoms with Crippen LogP contribution in [0.15, 0.2) is 41.9 Å². The highest BCUT2D eigenvalue weighted by molar-refractivity contribution is 5.98. The number of aromatic nitrogens is 2. The van der Waals surface area contributed by atoms with Gasteiger partial charge in [0, 0.05) is 84.0 Å². The van der Waals surface area contributed by atoms with Crippen molar-refractivity contribution in [3.05, 3.63) is 64.4 Å². The largest absolute Gasteiger partial charge is 0.500 e. The lowest BCUT2D eigenvalue weighted by atomic mass is 9.48. The molecular formula is C57H84N10O12. The van der Waals surface area contributed by atoms with Crippen molar-refractivity contribution in [3.63, 3.8) is 0 Å². The number of hydrogen-bond acceptors (Lipinski definition) is 15. The first-order valence-corrected chi connectivity index (χ1v) is 28.1. The molecule has 22 heteroatoms. The van der Waals surface area contributed by atoms with Crippen molar-refractivity contribution in [2.24, 2.45) is 23.7 Å². The predicted molar refractivity (Wildman–Crippen MR) is 295 cm³/mol. The van der Waals surface area contributed by atoms with Gasteiger partial charge < -0.3 is 50.0 Å². The first-order chi connectivity index (χ1) is 37.8. The Balaban J connectivity index is 1.09. The summed E-state index contributed by atoms with van der Waals surface area (Å²) in [4.78, 5) is 102. The number of benzene rings is 1. The third-order valence-corrected chi connectivity index (χ3v) is 16.7. The van der Waals surface area contributed by atoms with E-state index in [0.717, 1.165) is 50.5 Å². The van der Waals surface area contributed by atoms with Gasteiger partial charge >= 0.3 is 17.9 Å². The first kappa shape index (κ1) is 60.4. The van der Waals surface area contributed by atoms with Crippen molar-refractivity contribution in [1.29, 1.82) is 0 Å². The predicted octanol–water partition coefficient (Wildman–Crippen LogP) is 3.18. The van der Waals surface area contributed by atoms with E-state index in [4.69, 9.17) is 14.6 Å². The number of aldehydes is 1. The zero-order valence-corrected chi connectivity index (χ0v) is 47.1. The number of carboxylic acids is 3. The molecular weight excluding hydrogens is 1020 g/mol. The van der Waals surface area contributed by atoms with Gasteiger partial charge in [-0.05, 0) is 138 Å². The summed E-state index contributed by atoms with van der Waals surface area (Å²) in [5.41, 5.74) is 1.67. The first-order valence-electron chi connectivity index (χ1n) is 28.1. The van der Waals surface area contributed by atoms with Crippen molar-refractivity contribution in [2.75, 3.05) is 133 Å². The zero-order valence-electron chi connectivity index (χ0n) is 47.1. The number of carbonyl (C=O) groups excluding carboxylic acids is 4. The Hall–Kier alpha value is -6.20. The number of ether oxygens (including phenoxy) is 2. The number of allylic oxidation sites excluding steroid dienone is 3. The molecule has 2 aromatic rings. The van der Waals surface area contributed by atoms with Crippen molar-refractivity contribution >= 4 is 47.5 Å². The summed E-state index contributed by atoms with van der Waals surface area (Å²) in [7, 11) is 7.13. The van der Waals surface area contributed by atoms with Crippen LogP contribution in [0.1, 0.15) is 110 Å². The fraction of sp³-hybridized carbons (Fsp3) is 0.649. The van der Waals surface area contributed by atoms with Crippen LogP contribution in [0.3, 0.4) is 0 Å². The lowest BCUT2D eigenvalue weighted by molar-refractivity contribution is -0.163. The maximum absolute atomic E-state index is 14.7. The number of amides is 3. The second kappa shape index (κ2) is 27.8. The van der Waals surface area contributed by atoms with Crippen LogP contribution in [-0.2, 0) is 33.4 Å². The minimum Gasteiger partial charge on any atom is -0.500 e. The van der Waals surface area contributed by atoms with E-state index in [1.54, 1.807) is 45.7 Å². The summed E-state index contributed by atoms with van der Waals surface area (Å²) in [6, 6.07) is 7.16. The Morgan fingerprint density at radius 3 is 1.89 bits per heavy atom. The average molecular weight is 1100 g/mol. The van der Waals surface area contributed by atoms with Gasteiger partial charge in [0.25, 0.3) is 11.8 Å². The van der Waals surface area contributed by atoms with Gasteiger partial charge in [-0.3, -0.25) is 43.6 Å². The van der Waals surface area contributed by atoms with E-state index in [1.165, 1.54) is 0 Å². The molecule has 0 spiro atoms. The molecule has 1 saturated heterocycles. The van der Waals surface area contributed by atoms with Crippen LogP contribution in [-0.4, -0.2) is 235 Å². The Kier molecular flexibility index (Phi) is 21.3. The van der Waals surface area contributed by atoms with E-state index in [9.17, 15) is 48.9 Å². The molecule has 22 nitrogen and oxygen atoms in total. The van der Waals surface area contributed by atoms with E-state index in [1.807, 2.05) is 56.0 Å². The normalized spacial score (nSPS) is 23.4. The van der Waals surface area contributed by atoms with Gasteiger partial charge in [-0.15, -0.1) is 0 Å². The average Bonchev–Trinajstić information content (AvgIpc) is 4.03. The highest BCUT2D eigenvalue weighted by atomic mass is 16.5. The molecule has 4 saturated carbocycles. The Morgan fingerprint density at radius 2 is 1.35 bits per heavy atom. The number of nitrogens with zero attached hydrogens (tertiary/aromatic N) is 8. The highest BCUT2D eigenvalue weighted by Crippen LogP contribution is 2.58. The minimum atomic E-state index is -1.39. The Morgan fingerprint density at radius 1 is 0.772 bits per heavy atom. The number of rotatable bonds is 25. The summed E-state index contributed by atoms with van der Waals surface area (Å²) >= 11 is 0. The quantitative estimate of drug-likeness (QED) is 0.0707. The van der Waals surface area contributed by atoms with Crippen molar-refractivity contribution in [3.8, 4) is 5.69 Å². The second-order valence-electron chi connectivity index (χ2n) is 22.7. The molecule has 1 aliphatic heterocycles. The molecule has 434 valence electrons. The molecule has 5 aliphatic carbocycles. The molecule has 1 aromatic heterocycles. The van der Waals surface area contributed by atoms with Crippen molar-refractivity contribution in [2.45, 2.75) is 83.1 Å². The number of hydrogen-bond donors (Lipinski definition) is 5. The van der Waals surface area contributed by atoms with E-state index in [0.29, 0.717) is 137 Å². The zero-order chi connectivity index (χ0) is 57.0. The maximum atomic E-state index is 14.7. The molecule has 0 radical (unpaired) electrons. The van der Waals surface area contributed by atoms with Gasteiger partial charge in [0.15, 0.2) is 5.69 Å². The molecule has 5 fully saturated rings. The third kappa shape index (κ3) is 15.2. The molecule has 0 unspecified atom stereocenters. The summed E-state index contributed by atoms with van der Waals surface area (Å²) in [6.45, 7) is 8.58. The van der Waals surface area contributed by atoms with Crippen molar-refractivity contribution in [1.82, 2.24) is 49.8 Å². The Bertz CT molecular complexity index is 2550. The van der Waals surface area contributed by atoms with Crippen LogP contribution in [0.4, 0.5) is 0 Å². The number of aliphatic carboxylic acids is 3. The standard InChI is InChI=1S/C57H84N10O12/c1-38(2)44-33-41(12-13-46(44)67-47(53-48(78-5)10-7-11-49(53)79-6)34-45(60-67)54(74)59-57(56(76)77)42-29-39-28-40(31-42)32-43(57)30-39)55(75)66(17-9-15-61(3)4)16-8-14-58-50(69)35-63-20-18-62(26-27-68)19-21-64(36-51(70)71)24-25-65(23-22-63)37-52(72)73/h10,12-13,27,33-34,38-40,42-43H,7-9,11,14-26,28-32,35-37H2,1-6H3,(H,58,69)(H,59,74)(H,70,71)(H,72,73)(H,76,77). The monoisotopic (exact) mass is 1100 g/mol.